The minimum absolute atomic E-state index is 0. The molecule has 0 aromatic rings. The summed E-state index contributed by atoms with van der Waals surface area (Å²) in [5.41, 5.74) is 0. The largest absolute Gasteiger partial charge is 0.344 e. The Hall–Kier alpha value is 0.0249. The molecule has 0 atom stereocenters. The van der Waals surface area contributed by atoms with Crippen LogP contribution < -0.4 is 6.15 Å². The van der Waals surface area contributed by atoms with Crippen molar-refractivity contribution in [3.8, 4) is 0 Å². The Balaban J connectivity index is 0. The first-order valence-corrected chi connectivity index (χ1v) is 4.85. The van der Waals surface area contributed by atoms with Gasteiger partial charge >= 0.3 is 0 Å². The second-order valence-corrected chi connectivity index (χ2v) is 3.23. The predicted octanol–water partition coefficient (Wildman–Crippen LogP) is 3.87. The fraction of sp³-hybridized carbons (Fsp3) is 1.00. The molecule has 0 aliphatic rings. The van der Waals surface area contributed by atoms with E-state index in [0.717, 1.165) is 6.71 Å². The molecule has 0 aromatic carbocycles. The average Bonchev–Trinajstić information content (AvgIpc) is 1.90. The van der Waals surface area contributed by atoms with Gasteiger partial charge < -0.3 is 6.15 Å². The van der Waals surface area contributed by atoms with Crippen molar-refractivity contribution in [2.45, 2.75) is 59.0 Å². The zero-order chi connectivity index (χ0) is 7.82. The predicted molar refractivity (Wildman–Crippen MR) is 56.1 cm³/mol. The van der Waals surface area contributed by atoms with Crippen molar-refractivity contribution in [3.63, 3.8) is 0 Å². The van der Waals surface area contributed by atoms with Crippen LogP contribution in [0, 0.1) is 0 Å². The van der Waals surface area contributed by atoms with E-state index in [2.05, 4.69) is 20.8 Å². The van der Waals surface area contributed by atoms with Gasteiger partial charge in [-0.2, -0.15) is 0 Å². The van der Waals surface area contributed by atoms with Crippen molar-refractivity contribution in [1.29, 1.82) is 0 Å². The highest BCUT2D eigenvalue weighted by Gasteiger charge is 2.08. The zero-order valence-electron chi connectivity index (χ0n) is 8.53. The standard InChI is InChI=1S/C9H21B.H3N/c1-4-7-10(8-5-2)9-6-3;/h4-9H2,1-3H3;1H3. The maximum Gasteiger partial charge on any atom is 0.139 e. The van der Waals surface area contributed by atoms with Crippen LogP contribution >= 0.6 is 0 Å². The van der Waals surface area contributed by atoms with Crippen molar-refractivity contribution in [2.24, 2.45) is 0 Å². The molecule has 0 saturated heterocycles. The molecule has 0 heterocycles. The maximum absolute atomic E-state index is 2.29. The molecule has 0 aromatic heterocycles. The van der Waals surface area contributed by atoms with E-state index in [4.69, 9.17) is 0 Å². The second-order valence-electron chi connectivity index (χ2n) is 3.23. The summed E-state index contributed by atoms with van der Waals surface area (Å²) in [6, 6.07) is 0. The van der Waals surface area contributed by atoms with Gasteiger partial charge in [-0.05, 0) is 0 Å². The Kier molecular flexibility index (Phi) is 12.4. The summed E-state index contributed by atoms with van der Waals surface area (Å²) in [6.45, 7) is 7.90. The Labute approximate surface area is 72.6 Å². The van der Waals surface area contributed by atoms with Crippen LogP contribution in [0.2, 0.25) is 19.0 Å². The van der Waals surface area contributed by atoms with Crippen molar-refractivity contribution >= 4 is 6.71 Å². The lowest BCUT2D eigenvalue weighted by Gasteiger charge is -2.08. The van der Waals surface area contributed by atoms with Crippen LogP contribution in [0.25, 0.3) is 0 Å². The molecule has 1 nitrogen and oxygen atoms in total. The fourth-order valence-corrected chi connectivity index (χ4v) is 1.66. The molecule has 0 rings (SSSR count). The van der Waals surface area contributed by atoms with E-state index < -0.39 is 0 Å². The third-order valence-electron chi connectivity index (χ3n) is 2.09. The van der Waals surface area contributed by atoms with Gasteiger partial charge in [0.2, 0.25) is 0 Å². The highest BCUT2D eigenvalue weighted by atomic mass is 14.0. The van der Waals surface area contributed by atoms with Crippen molar-refractivity contribution in [3.05, 3.63) is 0 Å². The third-order valence-corrected chi connectivity index (χ3v) is 2.09. The summed E-state index contributed by atoms with van der Waals surface area (Å²) in [5, 5.41) is 0. The molecule has 0 bridgehead atoms. The van der Waals surface area contributed by atoms with Crippen molar-refractivity contribution in [2.75, 3.05) is 0 Å². The van der Waals surface area contributed by atoms with E-state index in [1.54, 1.807) is 0 Å². The van der Waals surface area contributed by atoms with Gasteiger partial charge in [-0.3, -0.25) is 0 Å². The fourth-order valence-electron chi connectivity index (χ4n) is 1.66. The van der Waals surface area contributed by atoms with Gasteiger partial charge in [-0.15, -0.1) is 0 Å². The summed E-state index contributed by atoms with van der Waals surface area (Å²) in [5.74, 6) is 0. The Bertz CT molecular complexity index is 52.3. The monoisotopic (exact) mass is 157 g/mol. The minimum Gasteiger partial charge on any atom is -0.344 e. The van der Waals surface area contributed by atoms with Crippen molar-refractivity contribution < 1.29 is 0 Å². The molecular formula is C9H24BN. The van der Waals surface area contributed by atoms with Crippen LogP contribution in [-0.4, -0.2) is 6.71 Å². The van der Waals surface area contributed by atoms with E-state index in [-0.39, 0.29) is 6.15 Å². The van der Waals surface area contributed by atoms with Crippen LogP contribution in [0.1, 0.15) is 40.0 Å². The molecule has 3 N–H and O–H groups in total. The number of hydrogen-bond donors (Lipinski definition) is 1. The molecule has 0 aliphatic carbocycles. The summed E-state index contributed by atoms with van der Waals surface area (Å²) < 4.78 is 0. The van der Waals surface area contributed by atoms with Gasteiger partial charge in [0.1, 0.15) is 6.71 Å². The van der Waals surface area contributed by atoms with E-state index in [9.17, 15) is 0 Å². The summed E-state index contributed by atoms with van der Waals surface area (Å²) in [4.78, 5) is 0. The number of hydrogen-bond acceptors (Lipinski definition) is 1. The van der Waals surface area contributed by atoms with Crippen LogP contribution in [0.3, 0.4) is 0 Å². The van der Waals surface area contributed by atoms with E-state index in [0.29, 0.717) is 0 Å². The van der Waals surface area contributed by atoms with Gasteiger partial charge in [-0.1, -0.05) is 59.0 Å². The van der Waals surface area contributed by atoms with Crippen LogP contribution in [-0.2, 0) is 0 Å². The van der Waals surface area contributed by atoms with Crippen LogP contribution in [0.4, 0.5) is 0 Å². The molecule has 0 saturated carbocycles. The highest BCUT2D eigenvalue weighted by molar-refractivity contribution is 6.58. The topological polar surface area (TPSA) is 35.0 Å². The van der Waals surface area contributed by atoms with Crippen molar-refractivity contribution in [1.82, 2.24) is 6.15 Å². The first-order chi connectivity index (χ1) is 4.85. The van der Waals surface area contributed by atoms with Gasteiger partial charge in [0.05, 0.1) is 0 Å². The molecule has 0 unspecified atom stereocenters. The molecule has 0 fully saturated rings. The Morgan fingerprint density at radius 1 is 0.727 bits per heavy atom. The summed E-state index contributed by atoms with van der Waals surface area (Å²) in [6.07, 6.45) is 8.44. The second kappa shape index (κ2) is 10.0. The van der Waals surface area contributed by atoms with Gasteiger partial charge in [0.15, 0.2) is 0 Å². The zero-order valence-corrected chi connectivity index (χ0v) is 8.53. The minimum atomic E-state index is 0. The normalized spacial score (nSPS) is 9.00. The average molecular weight is 157 g/mol. The first kappa shape index (κ1) is 13.6. The van der Waals surface area contributed by atoms with E-state index in [1.807, 2.05) is 0 Å². The van der Waals surface area contributed by atoms with Gasteiger partial charge in [-0.25, -0.2) is 0 Å². The van der Waals surface area contributed by atoms with E-state index in [1.165, 1.54) is 38.2 Å². The molecule has 11 heavy (non-hydrogen) atoms. The maximum atomic E-state index is 2.29. The lowest BCUT2D eigenvalue weighted by Crippen LogP contribution is -2.09. The first-order valence-electron chi connectivity index (χ1n) is 4.85. The molecule has 68 valence electrons. The lowest BCUT2D eigenvalue weighted by molar-refractivity contribution is 0.957. The third kappa shape index (κ3) is 7.93. The van der Waals surface area contributed by atoms with E-state index >= 15 is 0 Å². The molecule has 0 radical (unpaired) electrons. The van der Waals surface area contributed by atoms with Crippen LogP contribution in [0.5, 0.6) is 0 Å². The van der Waals surface area contributed by atoms with Crippen LogP contribution in [0.15, 0.2) is 0 Å². The van der Waals surface area contributed by atoms with Gasteiger partial charge in [0, 0.05) is 0 Å². The number of rotatable bonds is 6. The lowest BCUT2D eigenvalue weighted by atomic mass is 9.41. The quantitative estimate of drug-likeness (QED) is 0.583. The molecular weight excluding hydrogens is 133 g/mol. The SMILES string of the molecule is CCCB(CCC)CCC.N. The highest BCUT2D eigenvalue weighted by Crippen LogP contribution is 2.11. The molecule has 0 spiro atoms. The molecule has 0 amide bonds. The molecule has 2 heteroatoms. The smallest absolute Gasteiger partial charge is 0.139 e. The molecule has 0 aliphatic heterocycles. The Morgan fingerprint density at radius 3 is 1.18 bits per heavy atom. The summed E-state index contributed by atoms with van der Waals surface area (Å²) >= 11 is 0. The van der Waals surface area contributed by atoms with Gasteiger partial charge in [0.25, 0.3) is 0 Å². The Morgan fingerprint density at radius 2 is 1.00 bits per heavy atom. The summed E-state index contributed by atoms with van der Waals surface area (Å²) in [7, 11) is 0.